The van der Waals surface area contributed by atoms with Gasteiger partial charge in [-0.05, 0) is 43.2 Å². The Hall–Kier alpha value is -2.95. The number of rotatable bonds is 5. The van der Waals surface area contributed by atoms with Crippen LogP contribution in [0.1, 0.15) is 35.0 Å². The first-order valence-corrected chi connectivity index (χ1v) is 8.21. The number of nitrogens with zero attached hydrogens (tertiary/aromatic N) is 2. The molecule has 2 aromatic carbocycles. The van der Waals surface area contributed by atoms with E-state index in [0.29, 0.717) is 11.3 Å². The van der Waals surface area contributed by atoms with E-state index >= 15 is 0 Å². The molecule has 3 rings (SSSR count). The minimum Gasteiger partial charge on any atom is -0.404 e. The van der Waals surface area contributed by atoms with Crippen LogP contribution in [-0.2, 0) is 6.42 Å². The maximum absolute atomic E-state index is 13.6. The molecule has 0 atom stereocenters. The Morgan fingerprint density at radius 2 is 1.96 bits per heavy atom. The van der Waals surface area contributed by atoms with E-state index in [9.17, 15) is 9.18 Å². The summed E-state index contributed by atoms with van der Waals surface area (Å²) in [5.74, 6) is -0.553. The molecule has 0 amide bonds. The van der Waals surface area contributed by atoms with Crippen molar-refractivity contribution in [2.75, 3.05) is 0 Å². The summed E-state index contributed by atoms with van der Waals surface area (Å²) >= 11 is 0. The van der Waals surface area contributed by atoms with E-state index in [1.807, 2.05) is 26.0 Å². The SMILES string of the molecule is CCCc1cc(OC(=O)c2ccccc2C)n(-c2cccc(F)c2)n1. The summed E-state index contributed by atoms with van der Waals surface area (Å²) in [5, 5.41) is 4.45. The Bertz CT molecular complexity index is 902. The van der Waals surface area contributed by atoms with E-state index in [2.05, 4.69) is 5.10 Å². The lowest BCUT2D eigenvalue weighted by Gasteiger charge is -2.09. The van der Waals surface area contributed by atoms with E-state index in [4.69, 9.17) is 4.74 Å². The van der Waals surface area contributed by atoms with E-state index < -0.39 is 5.97 Å². The van der Waals surface area contributed by atoms with Crippen LogP contribution in [0.4, 0.5) is 4.39 Å². The summed E-state index contributed by atoms with van der Waals surface area (Å²) in [7, 11) is 0. The highest BCUT2D eigenvalue weighted by Crippen LogP contribution is 2.22. The highest BCUT2D eigenvalue weighted by atomic mass is 19.1. The first-order chi connectivity index (χ1) is 12.1. The standard InChI is InChI=1S/C20H19FN2O2/c1-3-7-16-13-19(23(22-16)17-10-6-9-15(21)12-17)25-20(24)18-11-5-4-8-14(18)2/h4-6,8-13H,3,7H2,1-2H3. The molecule has 0 saturated carbocycles. The molecule has 0 N–H and O–H groups in total. The van der Waals surface area contributed by atoms with Crippen LogP contribution in [0, 0.1) is 12.7 Å². The van der Waals surface area contributed by atoms with Crippen LogP contribution >= 0.6 is 0 Å². The number of carbonyl (C=O) groups is 1. The molecule has 0 fully saturated rings. The van der Waals surface area contributed by atoms with Crippen molar-refractivity contribution in [3.8, 4) is 11.6 Å². The number of benzene rings is 2. The van der Waals surface area contributed by atoms with Gasteiger partial charge in [0.2, 0.25) is 5.88 Å². The summed E-state index contributed by atoms with van der Waals surface area (Å²) in [6, 6.07) is 15.0. The number of aryl methyl sites for hydroxylation is 2. The minimum atomic E-state index is -0.460. The largest absolute Gasteiger partial charge is 0.404 e. The number of hydrogen-bond donors (Lipinski definition) is 0. The second kappa shape index (κ2) is 7.30. The lowest BCUT2D eigenvalue weighted by molar-refractivity contribution is 0.0722. The molecule has 1 heterocycles. The molecule has 0 spiro atoms. The van der Waals surface area contributed by atoms with E-state index in [0.717, 1.165) is 24.1 Å². The second-order valence-electron chi connectivity index (χ2n) is 5.82. The summed E-state index contributed by atoms with van der Waals surface area (Å²) in [6.07, 6.45) is 1.66. The number of carbonyl (C=O) groups excluding carboxylic acids is 1. The molecule has 5 heteroatoms. The molecule has 128 valence electrons. The third-order valence-electron chi connectivity index (χ3n) is 3.85. The van der Waals surface area contributed by atoms with Crippen LogP contribution in [0.15, 0.2) is 54.6 Å². The first-order valence-electron chi connectivity index (χ1n) is 8.21. The van der Waals surface area contributed by atoms with Crippen molar-refractivity contribution in [2.45, 2.75) is 26.7 Å². The summed E-state index contributed by atoms with van der Waals surface area (Å²) in [4.78, 5) is 12.5. The molecule has 25 heavy (non-hydrogen) atoms. The van der Waals surface area contributed by atoms with Gasteiger partial charge in [-0.15, -0.1) is 0 Å². The van der Waals surface area contributed by atoms with Gasteiger partial charge in [0.1, 0.15) is 5.82 Å². The molecule has 0 aliphatic rings. The predicted octanol–water partition coefficient (Wildman–Crippen LogP) is 4.49. The van der Waals surface area contributed by atoms with Gasteiger partial charge in [0.25, 0.3) is 0 Å². The number of hydrogen-bond acceptors (Lipinski definition) is 3. The van der Waals surface area contributed by atoms with Crippen LogP contribution in [0.3, 0.4) is 0 Å². The number of aromatic nitrogens is 2. The summed E-state index contributed by atoms with van der Waals surface area (Å²) in [6.45, 7) is 3.89. The minimum absolute atomic E-state index is 0.280. The molecule has 0 radical (unpaired) electrons. The van der Waals surface area contributed by atoms with Gasteiger partial charge in [0.05, 0.1) is 16.9 Å². The zero-order valence-electron chi connectivity index (χ0n) is 14.2. The van der Waals surface area contributed by atoms with Crippen molar-refractivity contribution < 1.29 is 13.9 Å². The Kier molecular flexibility index (Phi) is 4.93. The molecule has 1 aromatic heterocycles. The maximum atomic E-state index is 13.6. The van der Waals surface area contributed by atoms with Gasteiger partial charge in [-0.1, -0.05) is 37.6 Å². The smallest absolute Gasteiger partial charge is 0.345 e. The average molecular weight is 338 g/mol. The van der Waals surface area contributed by atoms with E-state index in [-0.39, 0.29) is 11.7 Å². The molecule has 0 aliphatic heterocycles. The fourth-order valence-electron chi connectivity index (χ4n) is 2.61. The van der Waals surface area contributed by atoms with Crippen molar-refractivity contribution in [1.29, 1.82) is 0 Å². The predicted molar refractivity (Wildman–Crippen MR) is 93.7 cm³/mol. The maximum Gasteiger partial charge on any atom is 0.345 e. The number of esters is 1. The van der Waals surface area contributed by atoms with Crippen molar-refractivity contribution in [2.24, 2.45) is 0 Å². The zero-order chi connectivity index (χ0) is 17.8. The molecule has 4 nitrogen and oxygen atoms in total. The average Bonchev–Trinajstić information content (AvgIpc) is 2.98. The molecule has 0 aliphatic carbocycles. The number of halogens is 1. The monoisotopic (exact) mass is 338 g/mol. The van der Waals surface area contributed by atoms with Gasteiger partial charge in [0, 0.05) is 6.07 Å². The Morgan fingerprint density at radius 1 is 1.16 bits per heavy atom. The third kappa shape index (κ3) is 3.76. The first kappa shape index (κ1) is 16.9. The Balaban J connectivity index is 1.97. The van der Waals surface area contributed by atoms with Crippen molar-refractivity contribution in [1.82, 2.24) is 9.78 Å². The van der Waals surface area contributed by atoms with Gasteiger partial charge in [0.15, 0.2) is 0 Å². The topological polar surface area (TPSA) is 44.1 Å². The van der Waals surface area contributed by atoms with Crippen LogP contribution in [0.2, 0.25) is 0 Å². The highest BCUT2D eigenvalue weighted by Gasteiger charge is 2.17. The highest BCUT2D eigenvalue weighted by molar-refractivity contribution is 5.92. The molecule has 3 aromatic rings. The fraction of sp³-hybridized carbons (Fsp3) is 0.200. The van der Waals surface area contributed by atoms with Crippen LogP contribution in [0.25, 0.3) is 5.69 Å². The second-order valence-corrected chi connectivity index (χ2v) is 5.82. The van der Waals surface area contributed by atoms with Gasteiger partial charge < -0.3 is 4.74 Å². The van der Waals surface area contributed by atoms with Gasteiger partial charge in [-0.2, -0.15) is 5.10 Å². The van der Waals surface area contributed by atoms with Crippen molar-refractivity contribution >= 4 is 5.97 Å². The van der Waals surface area contributed by atoms with Gasteiger partial charge in [-0.3, -0.25) is 0 Å². The third-order valence-corrected chi connectivity index (χ3v) is 3.85. The molecule has 0 unspecified atom stereocenters. The van der Waals surface area contributed by atoms with E-state index in [1.54, 1.807) is 30.3 Å². The molecule has 0 saturated heterocycles. The van der Waals surface area contributed by atoms with Crippen molar-refractivity contribution in [3.05, 3.63) is 77.2 Å². The summed E-state index contributed by atoms with van der Waals surface area (Å²) < 4.78 is 20.6. The van der Waals surface area contributed by atoms with Gasteiger partial charge in [-0.25, -0.2) is 13.9 Å². The van der Waals surface area contributed by atoms with Crippen molar-refractivity contribution in [3.63, 3.8) is 0 Å². The Morgan fingerprint density at radius 3 is 2.68 bits per heavy atom. The van der Waals surface area contributed by atoms with Crippen LogP contribution < -0.4 is 4.74 Å². The fourth-order valence-corrected chi connectivity index (χ4v) is 2.61. The zero-order valence-corrected chi connectivity index (χ0v) is 14.2. The van der Waals surface area contributed by atoms with Crippen LogP contribution in [0.5, 0.6) is 5.88 Å². The molecular weight excluding hydrogens is 319 g/mol. The lowest BCUT2D eigenvalue weighted by Crippen LogP contribution is -2.13. The normalized spacial score (nSPS) is 10.7. The molecule has 0 bridgehead atoms. The lowest BCUT2D eigenvalue weighted by atomic mass is 10.1. The quantitative estimate of drug-likeness (QED) is 0.644. The van der Waals surface area contributed by atoms with Crippen LogP contribution in [-0.4, -0.2) is 15.7 Å². The van der Waals surface area contributed by atoms with E-state index in [1.165, 1.54) is 16.8 Å². The molecular formula is C20H19FN2O2. The van der Waals surface area contributed by atoms with Gasteiger partial charge >= 0.3 is 5.97 Å². The Labute approximate surface area is 145 Å². The number of ether oxygens (including phenoxy) is 1. The summed E-state index contributed by atoms with van der Waals surface area (Å²) in [5.41, 5.74) is 2.62.